The summed E-state index contributed by atoms with van der Waals surface area (Å²) in [4.78, 5) is 13.5. The van der Waals surface area contributed by atoms with Crippen LogP contribution in [0.1, 0.15) is 17.3 Å². The standard InChI is InChI=1S/C12H12INO/c1-3-9-14(4-2)12(15)10-5-7-11(13)8-6-10/h1,5-8H,4,9H2,2H3. The number of amides is 1. The van der Waals surface area contributed by atoms with Gasteiger partial charge in [-0.1, -0.05) is 5.92 Å². The fourth-order valence-corrected chi connectivity index (χ4v) is 1.57. The third-order valence-corrected chi connectivity index (χ3v) is 2.76. The zero-order chi connectivity index (χ0) is 11.3. The van der Waals surface area contributed by atoms with Gasteiger partial charge in [-0.3, -0.25) is 4.79 Å². The van der Waals surface area contributed by atoms with E-state index in [1.807, 2.05) is 31.2 Å². The maximum atomic E-state index is 11.9. The van der Waals surface area contributed by atoms with E-state index < -0.39 is 0 Å². The average Bonchev–Trinajstić information content (AvgIpc) is 2.26. The van der Waals surface area contributed by atoms with Crippen molar-refractivity contribution in [2.75, 3.05) is 13.1 Å². The predicted octanol–water partition coefficient (Wildman–Crippen LogP) is 2.39. The van der Waals surface area contributed by atoms with Crippen LogP contribution in [0.25, 0.3) is 0 Å². The molecule has 0 saturated carbocycles. The summed E-state index contributed by atoms with van der Waals surface area (Å²) in [5.74, 6) is 2.48. The minimum atomic E-state index is -0.00755. The zero-order valence-corrected chi connectivity index (χ0v) is 10.7. The summed E-state index contributed by atoms with van der Waals surface area (Å²) in [5, 5.41) is 0. The number of hydrogen-bond acceptors (Lipinski definition) is 1. The highest BCUT2D eigenvalue weighted by molar-refractivity contribution is 14.1. The van der Waals surface area contributed by atoms with Crippen molar-refractivity contribution in [1.29, 1.82) is 0 Å². The van der Waals surface area contributed by atoms with Gasteiger partial charge in [-0.15, -0.1) is 6.42 Å². The summed E-state index contributed by atoms with van der Waals surface area (Å²) in [6.45, 7) is 2.91. The zero-order valence-electron chi connectivity index (χ0n) is 8.53. The highest BCUT2D eigenvalue weighted by Gasteiger charge is 2.12. The van der Waals surface area contributed by atoms with Crippen molar-refractivity contribution in [2.45, 2.75) is 6.92 Å². The van der Waals surface area contributed by atoms with Crippen molar-refractivity contribution in [3.63, 3.8) is 0 Å². The lowest BCUT2D eigenvalue weighted by atomic mass is 10.2. The molecule has 0 saturated heterocycles. The van der Waals surface area contributed by atoms with Crippen molar-refractivity contribution in [3.8, 4) is 12.3 Å². The van der Waals surface area contributed by atoms with Gasteiger partial charge in [0.15, 0.2) is 0 Å². The maximum absolute atomic E-state index is 11.9. The van der Waals surface area contributed by atoms with E-state index in [1.165, 1.54) is 0 Å². The second-order valence-corrected chi connectivity index (χ2v) is 4.28. The molecule has 1 aromatic carbocycles. The molecule has 0 radical (unpaired) electrons. The highest BCUT2D eigenvalue weighted by Crippen LogP contribution is 2.09. The summed E-state index contributed by atoms with van der Waals surface area (Å²) in [6.07, 6.45) is 5.20. The normalized spacial score (nSPS) is 9.40. The molecule has 2 nitrogen and oxygen atoms in total. The molecular formula is C12H12INO. The Morgan fingerprint density at radius 3 is 2.53 bits per heavy atom. The van der Waals surface area contributed by atoms with E-state index in [-0.39, 0.29) is 5.91 Å². The van der Waals surface area contributed by atoms with Gasteiger partial charge < -0.3 is 4.90 Å². The van der Waals surface area contributed by atoms with E-state index in [2.05, 4.69) is 28.5 Å². The molecule has 0 aromatic heterocycles. The van der Waals surface area contributed by atoms with Crippen molar-refractivity contribution >= 4 is 28.5 Å². The first kappa shape index (κ1) is 12.1. The molecular weight excluding hydrogens is 301 g/mol. The van der Waals surface area contributed by atoms with E-state index >= 15 is 0 Å². The number of halogens is 1. The second-order valence-electron chi connectivity index (χ2n) is 3.03. The molecule has 0 fully saturated rings. The monoisotopic (exact) mass is 313 g/mol. The van der Waals surface area contributed by atoms with E-state index in [1.54, 1.807) is 4.90 Å². The quantitative estimate of drug-likeness (QED) is 0.620. The first-order valence-corrected chi connectivity index (χ1v) is 5.75. The van der Waals surface area contributed by atoms with Crippen LogP contribution in [0.3, 0.4) is 0 Å². The van der Waals surface area contributed by atoms with Gasteiger partial charge in [0, 0.05) is 15.7 Å². The molecule has 0 unspecified atom stereocenters. The predicted molar refractivity (Wildman–Crippen MR) is 69.6 cm³/mol. The SMILES string of the molecule is C#CCN(CC)C(=O)c1ccc(I)cc1. The summed E-state index contributed by atoms with van der Waals surface area (Å²) in [7, 11) is 0. The number of nitrogens with zero attached hydrogens (tertiary/aromatic N) is 1. The van der Waals surface area contributed by atoms with Gasteiger partial charge in [-0.2, -0.15) is 0 Å². The Labute approximate surface area is 104 Å². The maximum Gasteiger partial charge on any atom is 0.254 e. The average molecular weight is 313 g/mol. The van der Waals surface area contributed by atoms with Crippen molar-refractivity contribution < 1.29 is 4.79 Å². The lowest BCUT2D eigenvalue weighted by Crippen LogP contribution is -2.31. The number of terminal acetylenes is 1. The molecule has 0 heterocycles. The molecule has 0 atom stereocenters. The van der Waals surface area contributed by atoms with Gasteiger partial charge in [0.05, 0.1) is 6.54 Å². The minimum absolute atomic E-state index is 0.00755. The topological polar surface area (TPSA) is 20.3 Å². The molecule has 3 heteroatoms. The van der Waals surface area contributed by atoms with Crippen LogP contribution in [-0.2, 0) is 0 Å². The van der Waals surface area contributed by atoms with E-state index in [0.29, 0.717) is 18.7 Å². The van der Waals surface area contributed by atoms with Crippen LogP contribution in [0, 0.1) is 15.9 Å². The third kappa shape index (κ3) is 3.24. The number of rotatable bonds is 3. The summed E-state index contributed by atoms with van der Waals surface area (Å²) in [6, 6.07) is 7.47. The Kier molecular flexibility index (Phi) is 4.63. The molecule has 1 amide bonds. The summed E-state index contributed by atoms with van der Waals surface area (Å²) < 4.78 is 1.11. The Balaban J connectivity index is 2.84. The summed E-state index contributed by atoms with van der Waals surface area (Å²) in [5.41, 5.74) is 0.688. The lowest BCUT2D eigenvalue weighted by molar-refractivity contribution is 0.0785. The molecule has 1 rings (SSSR count). The molecule has 0 N–H and O–H groups in total. The first-order valence-electron chi connectivity index (χ1n) is 4.67. The van der Waals surface area contributed by atoms with Gasteiger partial charge in [0.1, 0.15) is 0 Å². The second kappa shape index (κ2) is 5.76. The fourth-order valence-electron chi connectivity index (χ4n) is 1.21. The van der Waals surface area contributed by atoms with Gasteiger partial charge in [-0.05, 0) is 53.8 Å². The van der Waals surface area contributed by atoms with E-state index in [0.717, 1.165) is 3.57 Å². The van der Waals surface area contributed by atoms with Crippen LogP contribution in [0.2, 0.25) is 0 Å². The smallest absolute Gasteiger partial charge is 0.254 e. The molecule has 0 aliphatic carbocycles. The highest BCUT2D eigenvalue weighted by atomic mass is 127. The van der Waals surface area contributed by atoms with E-state index in [4.69, 9.17) is 6.42 Å². The first-order chi connectivity index (χ1) is 7.19. The molecule has 1 aromatic rings. The van der Waals surface area contributed by atoms with Crippen molar-refractivity contribution in [2.24, 2.45) is 0 Å². The van der Waals surface area contributed by atoms with Crippen molar-refractivity contribution in [1.82, 2.24) is 4.90 Å². The Morgan fingerprint density at radius 1 is 1.47 bits per heavy atom. The fraction of sp³-hybridized carbons (Fsp3) is 0.250. The summed E-state index contributed by atoms with van der Waals surface area (Å²) >= 11 is 2.21. The van der Waals surface area contributed by atoms with Gasteiger partial charge in [0.2, 0.25) is 0 Å². The number of hydrogen-bond donors (Lipinski definition) is 0. The Bertz CT molecular complexity index is 378. The molecule has 0 bridgehead atoms. The molecule has 0 aliphatic heterocycles. The Hall–Kier alpha value is -1.02. The van der Waals surface area contributed by atoms with Crippen LogP contribution >= 0.6 is 22.6 Å². The molecule has 0 spiro atoms. The Morgan fingerprint density at radius 2 is 2.07 bits per heavy atom. The van der Waals surface area contributed by atoms with E-state index in [9.17, 15) is 4.79 Å². The molecule has 0 aliphatic rings. The van der Waals surface area contributed by atoms with Crippen LogP contribution in [-0.4, -0.2) is 23.9 Å². The lowest BCUT2D eigenvalue weighted by Gasteiger charge is -2.17. The van der Waals surface area contributed by atoms with Crippen LogP contribution in [0.5, 0.6) is 0 Å². The van der Waals surface area contributed by atoms with Crippen molar-refractivity contribution in [3.05, 3.63) is 33.4 Å². The van der Waals surface area contributed by atoms with Crippen LogP contribution < -0.4 is 0 Å². The largest absolute Gasteiger partial charge is 0.328 e. The third-order valence-electron chi connectivity index (χ3n) is 2.04. The number of carbonyl (C=O) groups excluding carboxylic acids is 1. The number of benzene rings is 1. The van der Waals surface area contributed by atoms with Gasteiger partial charge in [0.25, 0.3) is 5.91 Å². The van der Waals surface area contributed by atoms with Crippen LogP contribution in [0.4, 0.5) is 0 Å². The van der Waals surface area contributed by atoms with Gasteiger partial charge >= 0.3 is 0 Å². The molecule has 78 valence electrons. The molecule has 15 heavy (non-hydrogen) atoms. The number of carbonyl (C=O) groups is 1. The van der Waals surface area contributed by atoms with Gasteiger partial charge in [-0.25, -0.2) is 0 Å². The minimum Gasteiger partial charge on any atom is -0.328 e. The van der Waals surface area contributed by atoms with Crippen LogP contribution in [0.15, 0.2) is 24.3 Å².